The van der Waals surface area contributed by atoms with Crippen LogP contribution in [-0.2, 0) is 6.42 Å². The summed E-state index contributed by atoms with van der Waals surface area (Å²) in [5, 5.41) is 0. The third kappa shape index (κ3) is 3.54. The van der Waals surface area contributed by atoms with E-state index in [1.54, 1.807) is 0 Å². The molecule has 0 aliphatic carbocycles. The maximum absolute atomic E-state index is 6.03. The van der Waals surface area contributed by atoms with E-state index in [0.29, 0.717) is 6.04 Å². The molecule has 0 aromatic heterocycles. The normalized spacial score (nSPS) is 19.8. The molecule has 20 heavy (non-hydrogen) atoms. The molecule has 0 saturated carbocycles. The Balaban J connectivity index is 2.13. The summed E-state index contributed by atoms with van der Waals surface area (Å²) in [5.41, 5.74) is 8.96. The standard InChI is InChI=1S/C18H30N2/c1-3-5-8-15(4-2)14-20-17(13-19)12-11-16-9-6-7-10-18(16)20/h6-7,9-10,15,17H,3-5,8,11-14,19H2,1-2H3. The van der Waals surface area contributed by atoms with E-state index in [2.05, 4.69) is 43.0 Å². The zero-order chi connectivity index (χ0) is 14.4. The topological polar surface area (TPSA) is 29.3 Å². The number of anilines is 1. The molecule has 112 valence electrons. The summed E-state index contributed by atoms with van der Waals surface area (Å²) in [7, 11) is 0. The number of fused-ring (bicyclic) bond motifs is 1. The second kappa shape index (κ2) is 7.68. The summed E-state index contributed by atoms with van der Waals surface area (Å²) in [6, 6.07) is 9.41. The highest BCUT2D eigenvalue weighted by Crippen LogP contribution is 2.32. The molecule has 1 heterocycles. The average Bonchev–Trinajstić information content (AvgIpc) is 2.51. The van der Waals surface area contributed by atoms with Crippen LogP contribution in [0.4, 0.5) is 5.69 Å². The van der Waals surface area contributed by atoms with Gasteiger partial charge in [0.25, 0.3) is 0 Å². The van der Waals surface area contributed by atoms with E-state index >= 15 is 0 Å². The lowest BCUT2D eigenvalue weighted by atomic mass is 9.92. The maximum Gasteiger partial charge on any atom is 0.0415 e. The first-order valence-corrected chi connectivity index (χ1v) is 8.34. The second-order valence-electron chi connectivity index (χ2n) is 6.13. The molecule has 1 aromatic carbocycles. The van der Waals surface area contributed by atoms with Crippen LogP contribution in [0.2, 0.25) is 0 Å². The number of aryl methyl sites for hydroxylation is 1. The van der Waals surface area contributed by atoms with Crippen molar-refractivity contribution in [2.24, 2.45) is 11.7 Å². The minimum Gasteiger partial charge on any atom is -0.367 e. The lowest BCUT2D eigenvalue weighted by Gasteiger charge is -2.40. The van der Waals surface area contributed by atoms with Gasteiger partial charge in [-0.1, -0.05) is 51.3 Å². The van der Waals surface area contributed by atoms with Gasteiger partial charge in [0.15, 0.2) is 0 Å². The van der Waals surface area contributed by atoms with E-state index in [-0.39, 0.29) is 0 Å². The van der Waals surface area contributed by atoms with Crippen molar-refractivity contribution in [2.45, 2.75) is 58.4 Å². The zero-order valence-corrected chi connectivity index (χ0v) is 13.1. The molecule has 1 aliphatic heterocycles. The molecule has 2 nitrogen and oxygen atoms in total. The Bertz CT molecular complexity index is 402. The van der Waals surface area contributed by atoms with Crippen LogP contribution < -0.4 is 10.6 Å². The van der Waals surface area contributed by atoms with Crippen molar-refractivity contribution in [2.75, 3.05) is 18.0 Å². The number of para-hydroxylation sites is 1. The van der Waals surface area contributed by atoms with Gasteiger partial charge in [0.1, 0.15) is 0 Å². The van der Waals surface area contributed by atoms with Gasteiger partial charge in [-0.25, -0.2) is 0 Å². The Hall–Kier alpha value is -1.02. The Morgan fingerprint density at radius 3 is 2.80 bits per heavy atom. The van der Waals surface area contributed by atoms with Crippen molar-refractivity contribution in [1.82, 2.24) is 0 Å². The van der Waals surface area contributed by atoms with Crippen molar-refractivity contribution in [3.63, 3.8) is 0 Å². The highest BCUT2D eigenvalue weighted by Gasteiger charge is 2.26. The fourth-order valence-corrected chi connectivity index (χ4v) is 3.37. The second-order valence-corrected chi connectivity index (χ2v) is 6.13. The van der Waals surface area contributed by atoms with E-state index < -0.39 is 0 Å². The molecule has 0 fully saturated rings. The first-order chi connectivity index (χ1) is 9.80. The molecule has 2 N–H and O–H groups in total. The fourth-order valence-electron chi connectivity index (χ4n) is 3.37. The van der Waals surface area contributed by atoms with Gasteiger partial charge in [-0.3, -0.25) is 0 Å². The lowest BCUT2D eigenvalue weighted by Crippen LogP contribution is -2.46. The molecule has 2 atom stereocenters. The van der Waals surface area contributed by atoms with Gasteiger partial charge in [0, 0.05) is 24.8 Å². The first-order valence-electron chi connectivity index (χ1n) is 8.34. The number of benzene rings is 1. The van der Waals surface area contributed by atoms with Gasteiger partial charge in [-0.2, -0.15) is 0 Å². The number of hydrogen-bond donors (Lipinski definition) is 1. The van der Waals surface area contributed by atoms with Gasteiger partial charge in [-0.05, 0) is 36.8 Å². The molecule has 0 saturated heterocycles. The van der Waals surface area contributed by atoms with Crippen LogP contribution in [0, 0.1) is 5.92 Å². The van der Waals surface area contributed by atoms with Crippen molar-refractivity contribution in [3.05, 3.63) is 29.8 Å². The summed E-state index contributed by atoms with van der Waals surface area (Å²) in [4.78, 5) is 2.60. The predicted octanol–water partition coefficient (Wildman–Crippen LogP) is 3.98. The molecule has 0 amide bonds. The number of rotatable bonds is 7. The van der Waals surface area contributed by atoms with Gasteiger partial charge < -0.3 is 10.6 Å². The van der Waals surface area contributed by atoms with Crippen LogP contribution in [0.3, 0.4) is 0 Å². The van der Waals surface area contributed by atoms with Crippen LogP contribution in [0.15, 0.2) is 24.3 Å². The summed E-state index contributed by atoms with van der Waals surface area (Å²) in [6.07, 6.45) is 7.66. The molecule has 0 bridgehead atoms. The van der Waals surface area contributed by atoms with Gasteiger partial charge in [0.05, 0.1) is 0 Å². The van der Waals surface area contributed by atoms with Crippen LogP contribution >= 0.6 is 0 Å². The maximum atomic E-state index is 6.03. The Labute approximate surface area is 124 Å². The molecule has 0 spiro atoms. The third-order valence-corrected chi connectivity index (χ3v) is 4.76. The molecule has 2 heteroatoms. The molecule has 2 rings (SSSR count). The molecular weight excluding hydrogens is 244 g/mol. The van der Waals surface area contributed by atoms with Crippen molar-refractivity contribution >= 4 is 5.69 Å². The fraction of sp³-hybridized carbons (Fsp3) is 0.667. The van der Waals surface area contributed by atoms with Crippen LogP contribution in [0.1, 0.15) is 51.5 Å². The van der Waals surface area contributed by atoms with Crippen molar-refractivity contribution < 1.29 is 0 Å². The lowest BCUT2D eigenvalue weighted by molar-refractivity contribution is 0.412. The summed E-state index contributed by atoms with van der Waals surface area (Å²) in [6.45, 7) is 6.56. The Morgan fingerprint density at radius 2 is 2.10 bits per heavy atom. The van der Waals surface area contributed by atoms with Crippen LogP contribution in [0.25, 0.3) is 0 Å². The summed E-state index contributed by atoms with van der Waals surface area (Å²) >= 11 is 0. The molecular formula is C18H30N2. The number of hydrogen-bond acceptors (Lipinski definition) is 2. The molecule has 1 aromatic rings. The van der Waals surface area contributed by atoms with E-state index in [0.717, 1.165) is 12.5 Å². The molecule has 2 unspecified atom stereocenters. The Morgan fingerprint density at radius 1 is 1.30 bits per heavy atom. The third-order valence-electron chi connectivity index (χ3n) is 4.76. The predicted molar refractivity (Wildman–Crippen MR) is 88.3 cm³/mol. The van der Waals surface area contributed by atoms with Gasteiger partial charge in [0.2, 0.25) is 0 Å². The van der Waals surface area contributed by atoms with Gasteiger partial charge in [-0.15, -0.1) is 0 Å². The van der Waals surface area contributed by atoms with E-state index in [9.17, 15) is 0 Å². The van der Waals surface area contributed by atoms with E-state index in [4.69, 9.17) is 5.73 Å². The molecule has 1 aliphatic rings. The zero-order valence-electron chi connectivity index (χ0n) is 13.1. The number of nitrogens with two attached hydrogens (primary N) is 1. The van der Waals surface area contributed by atoms with E-state index in [1.165, 1.54) is 56.3 Å². The average molecular weight is 274 g/mol. The van der Waals surface area contributed by atoms with E-state index in [1.807, 2.05) is 0 Å². The highest BCUT2D eigenvalue weighted by atomic mass is 15.2. The van der Waals surface area contributed by atoms with Crippen LogP contribution in [0.5, 0.6) is 0 Å². The SMILES string of the molecule is CCCCC(CC)CN1c2ccccc2CCC1CN. The number of unbranched alkanes of at least 4 members (excludes halogenated alkanes) is 1. The summed E-state index contributed by atoms with van der Waals surface area (Å²) in [5.74, 6) is 0.801. The largest absolute Gasteiger partial charge is 0.367 e. The first kappa shape index (κ1) is 15.4. The summed E-state index contributed by atoms with van der Waals surface area (Å²) < 4.78 is 0. The highest BCUT2D eigenvalue weighted by molar-refractivity contribution is 5.56. The van der Waals surface area contributed by atoms with Gasteiger partial charge >= 0.3 is 0 Å². The quantitative estimate of drug-likeness (QED) is 0.815. The smallest absolute Gasteiger partial charge is 0.0415 e. The number of nitrogens with zero attached hydrogens (tertiary/aromatic N) is 1. The monoisotopic (exact) mass is 274 g/mol. The van der Waals surface area contributed by atoms with Crippen molar-refractivity contribution in [1.29, 1.82) is 0 Å². The minimum atomic E-state index is 0.528. The minimum absolute atomic E-state index is 0.528. The molecule has 0 radical (unpaired) electrons. The Kier molecular flexibility index (Phi) is 5.90. The van der Waals surface area contributed by atoms with Crippen LogP contribution in [-0.4, -0.2) is 19.1 Å². The van der Waals surface area contributed by atoms with Crippen molar-refractivity contribution in [3.8, 4) is 0 Å².